The summed E-state index contributed by atoms with van der Waals surface area (Å²) in [6.07, 6.45) is 10.2. The smallest absolute Gasteiger partial charge is 0.418 e. The Kier molecular flexibility index (Phi) is 20.3. The van der Waals surface area contributed by atoms with Crippen molar-refractivity contribution < 1.29 is 32.5 Å². The SMILES string of the molecule is C.C.COC[C@]12C[C@H]1[C@@](C)(c1cc(Cc3ncnc4cc(Cl)cnc34)cnc1F)N=C(N)S2.COC[C@]12C[C@H]1[C@@](C)(c1cc(N)cnc1F)N=C(N(COCC[Si](C)(C)C)C(=O)OC(C)(C)C)S2.Clc1cnc2c(Cl)ncnc2c1. The largest absolute Gasteiger partial charge is 0.443 e. The molecule has 0 unspecified atom stereocenters. The van der Waals surface area contributed by atoms with Gasteiger partial charge in [-0.1, -0.05) is 92.8 Å². The molecule has 0 aromatic carbocycles. The number of halogens is 5. The molecule has 2 aliphatic heterocycles. The monoisotopic (exact) mass is 1220 g/mol. The van der Waals surface area contributed by atoms with Crippen molar-refractivity contribution >= 4 is 111 Å². The van der Waals surface area contributed by atoms with Gasteiger partial charge in [-0.2, -0.15) is 8.78 Å². The summed E-state index contributed by atoms with van der Waals surface area (Å²) in [5.74, 6) is -1.04. The molecule has 0 spiro atoms. The minimum absolute atomic E-state index is 0. The average molecular weight is 1220 g/mol. The second-order valence-corrected chi connectivity index (χ2v) is 31.8. The van der Waals surface area contributed by atoms with Gasteiger partial charge >= 0.3 is 6.09 Å². The number of carbonyl (C=O) groups is 1. The van der Waals surface area contributed by atoms with E-state index in [9.17, 15) is 13.6 Å². The number of ether oxygens (including phenoxy) is 4. The molecule has 432 valence electrons. The molecule has 10 rings (SSSR count). The van der Waals surface area contributed by atoms with Crippen LogP contribution in [0.1, 0.15) is 84.7 Å². The summed E-state index contributed by atoms with van der Waals surface area (Å²) in [6.45, 7) is 17.5. The molecule has 18 nitrogen and oxygen atoms in total. The number of amides is 1. The lowest BCUT2D eigenvalue weighted by Crippen LogP contribution is -2.46. The molecule has 0 radical (unpaired) electrons. The number of hydrogen-bond donors (Lipinski definition) is 2. The summed E-state index contributed by atoms with van der Waals surface area (Å²) in [6, 6.07) is 7.79. The zero-order chi connectivity index (χ0) is 56.6. The Balaban J connectivity index is 0.000000210. The molecular formula is C54H70Cl3F2N13O5S2Si. The summed E-state index contributed by atoms with van der Waals surface area (Å²) in [7, 11) is 1.99. The van der Waals surface area contributed by atoms with E-state index in [1.807, 2.05) is 40.7 Å². The van der Waals surface area contributed by atoms with Crippen LogP contribution in [0.15, 0.2) is 71.7 Å². The number of nitrogens with two attached hydrogens (primary N) is 2. The molecule has 2 saturated carbocycles. The van der Waals surface area contributed by atoms with Crippen LogP contribution in [-0.2, 0) is 36.4 Å². The first kappa shape index (κ1) is 64.2. The molecule has 6 aromatic heterocycles. The van der Waals surface area contributed by atoms with E-state index >= 15 is 0 Å². The number of aromatic nitrogens is 8. The van der Waals surface area contributed by atoms with Gasteiger partial charge in [-0.25, -0.2) is 44.6 Å². The summed E-state index contributed by atoms with van der Waals surface area (Å²) >= 11 is 20.5. The molecular weight excluding hydrogens is 1150 g/mol. The van der Waals surface area contributed by atoms with E-state index in [1.54, 1.807) is 38.6 Å². The molecule has 2 fully saturated rings. The van der Waals surface area contributed by atoms with Crippen LogP contribution in [-0.4, -0.2) is 125 Å². The topological polar surface area (TPSA) is 237 Å². The zero-order valence-electron chi connectivity index (χ0n) is 44.9. The summed E-state index contributed by atoms with van der Waals surface area (Å²) in [5.41, 5.74) is 14.8. The van der Waals surface area contributed by atoms with Gasteiger partial charge in [0.05, 0.1) is 72.4 Å². The highest BCUT2D eigenvalue weighted by Gasteiger charge is 2.68. The fraction of sp³-hybridized carbons (Fsp3) is 0.500. The van der Waals surface area contributed by atoms with E-state index < -0.39 is 42.7 Å². The van der Waals surface area contributed by atoms with Crippen LogP contribution in [0, 0.1) is 23.7 Å². The van der Waals surface area contributed by atoms with Crippen LogP contribution in [0.2, 0.25) is 40.9 Å². The van der Waals surface area contributed by atoms with Crippen LogP contribution >= 0.6 is 58.3 Å². The van der Waals surface area contributed by atoms with Crippen molar-refractivity contribution in [3.63, 3.8) is 0 Å². The number of anilines is 1. The van der Waals surface area contributed by atoms with Gasteiger partial charge in [0.2, 0.25) is 11.9 Å². The van der Waals surface area contributed by atoms with Gasteiger partial charge in [-0.05, 0) is 83.3 Å². The molecule has 4 N–H and O–H groups in total. The number of aliphatic imine (C=N–C) groups is 2. The second kappa shape index (κ2) is 25.2. The quantitative estimate of drug-likeness (QED) is 0.0359. The molecule has 6 atom stereocenters. The number of fused-ring (bicyclic) bond motifs is 4. The van der Waals surface area contributed by atoms with Gasteiger partial charge in [0.1, 0.15) is 36.0 Å². The lowest BCUT2D eigenvalue weighted by molar-refractivity contribution is 0.0109. The van der Waals surface area contributed by atoms with Gasteiger partial charge in [0.15, 0.2) is 15.5 Å². The fourth-order valence-corrected chi connectivity index (χ4v) is 14.0. The lowest BCUT2D eigenvalue weighted by Gasteiger charge is -2.37. The normalized spacial score (nSPS) is 23.5. The molecule has 2 aliphatic carbocycles. The number of thioether (sulfide) groups is 2. The Morgan fingerprint density at radius 2 is 1.30 bits per heavy atom. The highest BCUT2D eigenvalue weighted by Crippen LogP contribution is 2.67. The van der Waals surface area contributed by atoms with Crippen molar-refractivity contribution in [2.45, 2.75) is 121 Å². The number of methoxy groups -OCH3 is 2. The summed E-state index contributed by atoms with van der Waals surface area (Å²) in [4.78, 5) is 56.9. The Labute approximate surface area is 490 Å². The first-order chi connectivity index (χ1) is 36.7. The number of amidine groups is 2. The minimum Gasteiger partial charge on any atom is -0.443 e. The van der Waals surface area contributed by atoms with Crippen molar-refractivity contribution in [2.75, 3.05) is 46.5 Å². The molecule has 26 heteroatoms. The number of rotatable bonds is 13. The fourth-order valence-electron chi connectivity index (χ4n) is 9.70. The van der Waals surface area contributed by atoms with Gasteiger partial charge in [-0.3, -0.25) is 15.0 Å². The summed E-state index contributed by atoms with van der Waals surface area (Å²) < 4.78 is 52.0. The predicted molar refractivity (Wildman–Crippen MR) is 320 cm³/mol. The third-order valence-electron chi connectivity index (χ3n) is 13.7. The van der Waals surface area contributed by atoms with Gasteiger partial charge < -0.3 is 30.4 Å². The highest BCUT2D eigenvalue weighted by atomic mass is 35.5. The van der Waals surface area contributed by atoms with Crippen molar-refractivity contribution in [1.82, 2.24) is 44.8 Å². The second-order valence-electron chi connectivity index (χ2n) is 22.1. The van der Waals surface area contributed by atoms with Crippen molar-refractivity contribution in [3.8, 4) is 0 Å². The van der Waals surface area contributed by atoms with E-state index in [0.29, 0.717) is 96.4 Å². The molecule has 6 aromatic rings. The minimum atomic E-state index is -1.31. The van der Waals surface area contributed by atoms with E-state index in [-0.39, 0.29) is 42.9 Å². The van der Waals surface area contributed by atoms with Gasteiger partial charge in [0.25, 0.3) is 0 Å². The maximum absolute atomic E-state index is 15.0. The van der Waals surface area contributed by atoms with Gasteiger partial charge in [-0.15, -0.1) is 0 Å². The van der Waals surface area contributed by atoms with E-state index in [2.05, 4.69) is 64.5 Å². The maximum atomic E-state index is 15.0. The molecule has 1 amide bonds. The van der Waals surface area contributed by atoms with E-state index in [1.165, 1.54) is 59.7 Å². The van der Waals surface area contributed by atoms with Crippen molar-refractivity contribution in [3.05, 3.63) is 111 Å². The molecule has 0 bridgehead atoms. The highest BCUT2D eigenvalue weighted by molar-refractivity contribution is 8.15. The van der Waals surface area contributed by atoms with E-state index in [0.717, 1.165) is 24.4 Å². The standard InChI is InChI=1S/C24H39FN4O4SSi.C21H20ClFN6OS.C7H3Cl2N3.2CH4/c1-22(2,3)33-21(30)29(15-32-9-10-35(6,7)8)20-28-23(4,17-11-16(26)13-27-19(17)25)18-12-24(18,34-20)14-31-5;1-20(16-6-21(16,9-30-2)31-19(24)29-20)13-3-11(7-26-18(13)23)4-14-17-15(28-10-27-14)5-12(22)8-25-17;8-4-1-5-6(10-2-4)7(9)12-3-11-5;;/h11,13,18H,9-10,12,14-15,26H2,1-8H3;3,5,7-8,10,16H,4,6,9H2,1-2H3,(H2,24,29);1-3H;2*1H4/t18-,23+,24+;16-,20+,21+;;;/m00.../s1. The predicted octanol–water partition coefficient (Wildman–Crippen LogP) is 12.2. The third kappa shape index (κ3) is 14.4. The van der Waals surface area contributed by atoms with Gasteiger partial charge in [0, 0.05) is 76.9 Å². The van der Waals surface area contributed by atoms with E-state index in [4.69, 9.17) is 70.2 Å². The van der Waals surface area contributed by atoms with Crippen LogP contribution in [0.5, 0.6) is 0 Å². The Bertz CT molecular complexity index is 3300. The van der Waals surface area contributed by atoms with Crippen molar-refractivity contribution in [2.24, 2.45) is 27.6 Å². The van der Waals surface area contributed by atoms with Crippen LogP contribution in [0.4, 0.5) is 19.3 Å². The molecule has 8 heterocycles. The maximum Gasteiger partial charge on any atom is 0.418 e. The number of nitrogens with zero attached hydrogens (tertiary/aromatic N) is 11. The van der Waals surface area contributed by atoms with Crippen LogP contribution < -0.4 is 11.5 Å². The third-order valence-corrected chi connectivity index (χ3v) is 18.8. The number of nitrogen functional groups attached to an aromatic ring is 1. The summed E-state index contributed by atoms with van der Waals surface area (Å²) in [5, 5.41) is 2.25. The van der Waals surface area contributed by atoms with Crippen LogP contribution in [0.25, 0.3) is 22.1 Å². The van der Waals surface area contributed by atoms with Crippen molar-refractivity contribution in [1.29, 1.82) is 0 Å². The number of carbonyl (C=O) groups excluding carboxylic acids is 1. The number of pyridine rings is 4. The Hall–Kier alpha value is -4.98. The average Bonchev–Trinajstić information content (AvgIpc) is 4.40. The zero-order valence-corrected chi connectivity index (χ0v) is 49.8. The Morgan fingerprint density at radius 3 is 1.90 bits per heavy atom. The molecule has 0 saturated heterocycles. The lowest BCUT2D eigenvalue weighted by atomic mass is 9.86. The first-order valence-corrected chi connectivity index (χ1v) is 31.3. The molecule has 80 heavy (non-hydrogen) atoms. The first-order valence-electron chi connectivity index (χ1n) is 24.8. The Morgan fingerprint density at radius 1 is 0.750 bits per heavy atom. The van der Waals surface area contributed by atoms with Crippen LogP contribution in [0.3, 0.4) is 0 Å². The molecule has 4 aliphatic rings. The number of hydrogen-bond acceptors (Lipinski definition) is 19.